The Morgan fingerprint density at radius 1 is 1.04 bits per heavy atom. The number of fused-ring (bicyclic) bond motifs is 1. The van der Waals surface area contributed by atoms with E-state index in [-0.39, 0.29) is 18.7 Å². The molecular formula is C19H28N2O3. The van der Waals surface area contributed by atoms with Crippen LogP contribution < -0.4 is 10.6 Å². The molecule has 0 aliphatic heterocycles. The molecule has 1 aliphatic carbocycles. The molecule has 5 heteroatoms. The fourth-order valence-corrected chi connectivity index (χ4v) is 3.14. The Labute approximate surface area is 143 Å². The van der Waals surface area contributed by atoms with Crippen LogP contribution in [0.15, 0.2) is 18.2 Å². The Bertz CT molecular complexity index is 582. The molecule has 3 N–H and O–H groups in total. The highest BCUT2D eigenvalue weighted by Crippen LogP contribution is 2.26. The summed E-state index contributed by atoms with van der Waals surface area (Å²) < 4.78 is 0. The highest BCUT2D eigenvalue weighted by molar-refractivity contribution is 6.35. The summed E-state index contributed by atoms with van der Waals surface area (Å²) >= 11 is 0. The van der Waals surface area contributed by atoms with Crippen LogP contribution in [0.3, 0.4) is 0 Å². The molecule has 2 amide bonds. The first kappa shape index (κ1) is 18.5. The highest BCUT2D eigenvalue weighted by Gasteiger charge is 2.21. The van der Waals surface area contributed by atoms with Gasteiger partial charge in [0.05, 0.1) is 18.7 Å². The molecular weight excluding hydrogens is 304 g/mol. The molecule has 0 saturated heterocycles. The number of amides is 2. The van der Waals surface area contributed by atoms with Gasteiger partial charge in [-0.25, -0.2) is 0 Å². The summed E-state index contributed by atoms with van der Waals surface area (Å²) in [5, 5.41) is 14.5. The Kier molecular flexibility index (Phi) is 6.79. The minimum absolute atomic E-state index is 0.169. The van der Waals surface area contributed by atoms with Crippen LogP contribution in [0.2, 0.25) is 0 Å². The van der Waals surface area contributed by atoms with Crippen molar-refractivity contribution in [1.29, 1.82) is 0 Å². The number of aliphatic hydroxyl groups excluding tert-OH is 1. The maximum atomic E-state index is 12.1. The number of carbonyl (C=O) groups excluding carboxylic acids is 2. The second-order valence-electron chi connectivity index (χ2n) is 6.43. The average molecular weight is 332 g/mol. The van der Waals surface area contributed by atoms with Crippen molar-refractivity contribution in [3.05, 3.63) is 34.9 Å². The number of hydrogen-bond acceptors (Lipinski definition) is 3. The van der Waals surface area contributed by atoms with E-state index in [9.17, 15) is 9.59 Å². The molecule has 1 aromatic rings. The number of rotatable bonds is 6. The minimum atomic E-state index is -0.688. The smallest absolute Gasteiger partial charge is 0.309 e. The van der Waals surface area contributed by atoms with E-state index >= 15 is 0 Å². The number of hydrogen-bond donors (Lipinski definition) is 3. The second-order valence-corrected chi connectivity index (χ2v) is 6.43. The maximum Gasteiger partial charge on any atom is 0.309 e. The first-order chi connectivity index (χ1) is 11.6. The normalized spacial score (nSPS) is 16.0. The molecule has 2 unspecified atom stereocenters. The lowest BCUT2D eigenvalue weighted by Gasteiger charge is -2.22. The van der Waals surface area contributed by atoms with Gasteiger partial charge in [0.15, 0.2) is 0 Å². The van der Waals surface area contributed by atoms with Gasteiger partial charge in [-0.05, 0) is 55.2 Å². The Morgan fingerprint density at radius 2 is 1.71 bits per heavy atom. The van der Waals surface area contributed by atoms with E-state index in [2.05, 4.69) is 28.8 Å². The zero-order chi connectivity index (χ0) is 17.5. The van der Waals surface area contributed by atoms with Crippen LogP contribution in [0.4, 0.5) is 0 Å². The topological polar surface area (TPSA) is 78.4 Å². The lowest BCUT2D eigenvalue weighted by molar-refractivity contribution is -0.140. The minimum Gasteiger partial charge on any atom is -0.394 e. The van der Waals surface area contributed by atoms with Gasteiger partial charge in [0.25, 0.3) is 0 Å². The van der Waals surface area contributed by atoms with Gasteiger partial charge in [-0.1, -0.05) is 32.0 Å². The molecule has 24 heavy (non-hydrogen) atoms. The molecule has 0 fully saturated rings. The lowest BCUT2D eigenvalue weighted by Crippen LogP contribution is -2.46. The number of aryl methyl sites for hydroxylation is 2. The molecule has 0 saturated carbocycles. The maximum absolute atomic E-state index is 12.1. The Hall–Kier alpha value is -1.88. The number of nitrogens with one attached hydrogen (secondary N) is 2. The van der Waals surface area contributed by atoms with Gasteiger partial charge in [-0.2, -0.15) is 0 Å². The largest absolute Gasteiger partial charge is 0.394 e. The highest BCUT2D eigenvalue weighted by atomic mass is 16.3. The number of benzene rings is 1. The number of aliphatic hydroxyl groups is 1. The third-order valence-corrected chi connectivity index (χ3v) is 4.74. The molecule has 2 atom stereocenters. The van der Waals surface area contributed by atoms with Crippen molar-refractivity contribution in [2.24, 2.45) is 0 Å². The van der Waals surface area contributed by atoms with Crippen LogP contribution in [0.25, 0.3) is 0 Å². The quantitative estimate of drug-likeness (QED) is 0.697. The van der Waals surface area contributed by atoms with E-state index in [1.807, 2.05) is 13.8 Å². The average Bonchev–Trinajstić information content (AvgIpc) is 2.63. The molecule has 132 valence electrons. The predicted octanol–water partition coefficient (Wildman–Crippen LogP) is 2.02. The first-order valence-electron chi connectivity index (χ1n) is 8.92. The molecule has 0 aromatic heterocycles. The van der Waals surface area contributed by atoms with E-state index in [4.69, 9.17) is 5.11 Å². The van der Waals surface area contributed by atoms with Crippen molar-refractivity contribution >= 4 is 11.8 Å². The van der Waals surface area contributed by atoms with Crippen LogP contribution in [0, 0.1) is 0 Å². The third kappa shape index (κ3) is 4.57. The second kappa shape index (κ2) is 8.83. The van der Waals surface area contributed by atoms with Gasteiger partial charge in [0, 0.05) is 0 Å². The molecule has 1 aliphatic rings. The summed E-state index contributed by atoms with van der Waals surface area (Å²) in [6.45, 7) is 3.67. The molecule has 0 spiro atoms. The Balaban J connectivity index is 2.03. The van der Waals surface area contributed by atoms with Crippen molar-refractivity contribution < 1.29 is 14.7 Å². The summed E-state index contributed by atoms with van der Waals surface area (Å²) in [6.07, 6.45) is 5.96. The monoisotopic (exact) mass is 332 g/mol. The molecule has 0 heterocycles. The van der Waals surface area contributed by atoms with Crippen molar-refractivity contribution in [1.82, 2.24) is 10.6 Å². The van der Waals surface area contributed by atoms with Gasteiger partial charge < -0.3 is 15.7 Å². The van der Waals surface area contributed by atoms with E-state index < -0.39 is 11.8 Å². The first-order valence-corrected chi connectivity index (χ1v) is 8.92. The SMILES string of the molecule is CCC(CO)NC(=O)C(=O)NC(CC)c1ccc2c(c1)CCCC2. The summed E-state index contributed by atoms with van der Waals surface area (Å²) in [6, 6.07) is 5.82. The Morgan fingerprint density at radius 3 is 2.33 bits per heavy atom. The van der Waals surface area contributed by atoms with Crippen LogP contribution in [0.1, 0.15) is 62.3 Å². The van der Waals surface area contributed by atoms with Gasteiger partial charge in [-0.15, -0.1) is 0 Å². The fraction of sp³-hybridized carbons (Fsp3) is 0.579. The van der Waals surface area contributed by atoms with E-state index in [0.29, 0.717) is 6.42 Å². The fourth-order valence-electron chi connectivity index (χ4n) is 3.14. The van der Waals surface area contributed by atoms with E-state index in [0.717, 1.165) is 24.8 Å². The van der Waals surface area contributed by atoms with Gasteiger partial charge in [0.2, 0.25) is 0 Å². The van der Waals surface area contributed by atoms with Gasteiger partial charge in [-0.3, -0.25) is 9.59 Å². The zero-order valence-corrected chi connectivity index (χ0v) is 14.6. The van der Waals surface area contributed by atoms with Crippen LogP contribution >= 0.6 is 0 Å². The van der Waals surface area contributed by atoms with Gasteiger partial charge >= 0.3 is 11.8 Å². The molecule has 0 bridgehead atoms. The van der Waals surface area contributed by atoms with Crippen LogP contribution in [-0.2, 0) is 22.4 Å². The van der Waals surface area contributed by atoms with Crippen molar-refractivity contribution in [3.63, 3.8) is 0 Å². The van der Waals surface area contributed by atoms with Crippen molar-refractivity contribution in [3.8, 4) is 0 Å². The van der Waals surface area contributed by atoms with Crippen molar-refractivity contribution in [2.75, 3.05) is 6.61 Å². The van der Waals surface area contributed by atoms with E-state index in [1.165, 1.54) is 24.0 Å². The summed E-state index contributed by atoms with van der Waals surface area (Å²) in [5.74, 6) is -1.33. The van der Waals surface area contributed by atoms with E-state index in [1.54, 1.807) is 0 Å². The predicted molar refractivity (Wildman–Crippen MR) is 93.6 cm³/mol. The summed E-state index contributed by atoms with van der Waals surface area (Å²) in [7, 11) is 0. The van der Waals surface area contributed by atoms with Crippen LogP contribution in [-0.4, -0.2) is 29.6 Å². The standard InChI is InChI=1S/C19H28N2O3/c1-3-16(12-22)20-18(23)19(24)21-17(4-2)15-10-9-13-7-5-6-8-14(13)11-15/h9-11,16-17,22H,3-8,12H2,1-2H3,(H,20,23)(H,21,24). The lowest BCUT2D eigenvalue weighted by atomic mass is 9.89. The molecule has 5 nitrogen and oxygen atoms in total. The molecule has 0 radical (unpaired) electrons. The van der Waals surface area contributed by atoms with Gasteiger partial charge in [0.1, 0.15) is 0 Å². The van der Waals surface area contributed by atoms with Crippen LogP contribution in [0.5, 0.6) is 0 Å². The summed E-state index contributed by atoms with van der Waals surface area (Å²) in [4.78, 5) is 24.1. The summed E-state index contributed by atoms with van der Waals surface area (Å²) in [5.41, 5.74) is 3.81. The third-order valence-electron chi connectivity index (χ3n) is 4.74. The molecule has 2 rings (SSSR count). The van der Waals surface area contributed by atoms with Crippen molar-refractivity contribution in [2.45, 2.75) is 64.5 Å². The zero-order valence-electron chi connectivity index (χ0n) is 14.6. The number of carbonyl (C=O) groups is 2. The molecule has 1 aromatic carbocycles.